The van der Waals surface area contributed by atoms with Crippen molar-refractivity contribution in [3.8, 4) is 0 Å². The van der Waals surface area contributed by atoms with Crippen LogP contribution in [0.3, 0.4) is 0 Å². The lowest BCUT2D eigenvalue weighted by atomic mass is 10.1. The number of carbonyl (C=O) groups is 1. The highest BCUT2D eigenvalue weighted by molar-refractivity contribution is 7.80. The van der Waals surface area contributed by atoms with Gasteiger partial charge in [0.05, 0.1) is 4.92 Å². The molecule has 1 aromatic carbocycles. The van der Waals surface area contributed by atoms with Crippen molar-refractivity contribution in [3.05, 3.63) is 46.0 Å². The summed E-state index contributed by atoms with van der Waals surface area (Å²) in [5.41, 5.74) is 0.574. The summed E-state index contributed by atoms with van der Waals surface area (Å²) < 4.78 is 0. The first-order chi connectivity index (χ1) is 11.5. The van der Waals surface area contributed by atoms with E-state index < -0.39 is 4.92 Å². The Hall–Kier alpha value is -2.28. The van der Waals surface area contributed by atoms with Gasteiger partial charge in [-0.1, -0.05) is 37.8 Å². The first-order valence-electron chi connectivity index (χ1n) is 8.08. The van der Waals surface area contributed by atoms with Crippen LogP contribution in [0.25, 0.3) is 6.08 Å². The van der Waals surface area contributed by atoms with E-state index in [4.69, 9.17) is 12.2 Å². The van der Waals surface area contributed by atoms with E-state index >= 15 is 0 Å². The summed E-state index contributed by atoms with van der Waals surface area (Å²) in [7, 11) is 0. The molecule has 1 aromatic rings. The first kappa shape index (κ1) is 18.1. The summed E-state index contributed by atoms with van der Waals surface area (Å²) in [6, 6.07) is 6.41. The molecular weight excluding hydrogens is 326 g/mol. The Kier molecular flexibility index (Phi) is 6.87. The van der Waals surface area contributed by atoms with Crippen LogP contribution in [0.1, 0.15) is 44.1 Å². The van der Waals surface area contributed by atoms with Gasteiger partial charge in [0.1, 0.15) is 0 Å². The summed E-state index contributed by atoms with van der Waals surface area (Å²) in [4.78, 5) is 22.2. The third kappa shape index (κ3) is 6.08. The van der Waals surface area contributed by atoms with Crippen LogP contribution in [0.15, 0.2) is 30.3 Å². The van der Waals surface area contributed by atoms with Crippen molar-refractivity contribution in [2.45, 2.75) is 44.6 Å². The zero-order chi connectivity index (χ0) is 17.4. The molecule has 0 bridgehead atoms. The van der Waals surface area contributed by atoms with E-state index in [1.807, 2.05) is 0 Å². The number of nitro groups is 1. The van der Waals surface area contributed by atoms with Crippen molar-refractivity contribution in [2.24, 2.45) is 0 Å². The molecule has 0 aliphatic heterocycles. The standard InChI is InChI=1S/C17H21N3O3S/c21-16(11-10-13-6-5-9-15(12-13)20(22)23)19-17(24)18-14-7-3-1-2-4-8-14/h5-6,9-12,14H,1-4,7-8H2,(H2,18,19,21,24)/b11-10+. The smallest absolute Gasteiger partial charge is 0.270 e. The third-order valence-electron chi connectivity index (χ3n) is 3.94. The summed E-state index contributed by atoms with van der Waals surface area (Å²) >= 11 is 5.17. The maximum absolute atomic E-state index is 11.9. The minimum absolute atomic E-state index is 0.0110. The largest absolute Gasteiger partial charge is 0.360 e. The van der Waals surface area contributed by atoms with Crippen molar-refractivity contribution < 1.29 is 9.72 Å². The number of rotatable bonds is 4. The van der Waals surface area contributed by atoms with Crippen molar-refractivity contribution in [1.29, 1.82) is 0 Å². The number of nitro benzene ring substituents is 1. The van der Waals surface area contributed by atoms with Gasteiger partial charge in [0.2, 0.25) is 5.91 Å². The molecule has 0 heterocycles. The fourth-order valence-electron chi connectivity index (χ4n) is 2.71. The molecule has 1 saturated carbocycles. The van der Waals surface area contributed by atoms with Gasteiger partial charge >= 0.3 is 0 Å². The average Bonchev–Trinajstić information content (AvgIpc) is 2.81. The minimum atomic E-state index is -0.469. The van der Waals surface area contributed by atoms with Crippen LogP contribution in [-0.4, -0.2) is 22.0 Å². The molecule has 1 fully saturated rings. The van der Waals surface area contributed by atoms with Gasteiger partial charge in [-0.3, -0.25) is 20.2 Å². The summed E-state index contributed by atoms with van der Waals surface area (Å²) in [5, 5.41) is 16.9. The van der Waals surface area contributed by atoms with Gasteiger partial charge in [0.25, 0.3) is 5.69 Å². The molecular formula is C17H21N3O3S. The van der Waals surface area contributed by atoms with Crippen LogP contribution in [0.2, 0.25) is 0 Å². The van der Waals surface area contributed by atoms with E-state index in [0.29, 0.717) is 16.7 Å². The predicted molar refractivity (Wildman–Crippen MR) is 97.5 cm³/mol. The second-order valence-corrected chi connectivity index (χ2v) is 6.24. The number of thiocarbonyl (C=S) groups is 1. The van der Waals surface area contributed by atoms with Crippen molar-refractivity contribution >= 4 is 35.0 Å². The van der Waals surface area contributed by atoms with Gasteiger partial charge in [0.15, 0.2) is 5.11 Å². The number of hydrogen-bond acceptors (Lipinski definition) is 4. The summed E-state index contributed by atoms with van der Waals surface area (Å²) in [5.74, 6) is -0.354. The Morgan fingerprint density at radius 2 is 1.96 bits per heavy atom. The fourth-order valence-corrected chi connectivity index (χ4v) is 2.98. The molecule has 1 aliphatic rings. The zero-order valence-electron chi connectivity index (χ0n) is 13.4. The number of carbonyl (C=O) groups excluding carboxylic acids is 1. The second kappa shape index (κ2) is 9.12. The molecule has 1 amide bonds. The van der Waals surface area contributed by atoms with E-state index in [-0.39, 0.29) is 11.6 Å². The maximum Gasteiger partial charge on any atom is 0.270 e. The van der Waals surface area contributed by atoms with Crippen LogP contribution < -0.4 is 10.6 Å². The predicted octanol–water partition coefficient (Wildman–Crippen LogP) is 3.32. The van der Waals surface area contributed by atoms with E-state index in [0.717, 1.165) is 12.8 Å². The zero-order valence-corrected chi connectivity index (χ0v) is 14.2. The Balaban J connectivity index is 1.84. The van der Waals surface area contributed by atoms with Crippen molar-refractivity contribution in [2.75, 3.05) is 0 Å². The quantitative estimate of drug-likeness (QED) is 0.287. The van der Waals surface area contributed by atoms with Crippen LogP contribution in [0.5, 0.6) is 0 Å². The number of nitrogens with zero attached hydrogens (tertiary/aromatic N) is 1. The highest BCUT2D eigenvalue weighted by Gasteiger charge is 2.13. The number of benzene rings is 1. The van der Waals surface area contributed by atoms with E-state index in [1.54, 1.807) is 12.1 Å². The fraction of sp³-hybridized carbons (Fsp3) is 0.412. The Morgan fingerprint density at radius 3 is 2.62 bits per heavy atom. The second-order valence-electron chi connectivity index (χ2n) is 5.84. The summed E-state index contributed by atoms with van der Waals surface area (Å²) in [6.45, 7) is 0. The molecule has 6 nitrogen and oxygen atoms in total. The Labute approximate surface area is 146 Å². The minimum Gasteiger partial charge on any atom is -0.360 e. The first-order valence-corrected chi connectivity index (χ1v) is 8.49. The van der Waals surface area contributed by atoms with E-state index in [1.165, 1.54) is 50.0 Å². The van der Waals surface area contributed by atoms with Gasteiger partial charge in [-0.05, 0) is 36.7 Å². The van der Waals surface area contributed by atoms with Gasteiger partial charge in [0, 0.05) is 24.3 Å². The number of hydrogen-bond donors (Lipinski definition) is 2. The number of non-ortho nitro benzene ring substituents is 1. The lowest BCUT2D eigenvalue weighted by Crippen LogP contribution is -2.43. The average molecular weight is 347 g/mol. The molecule has 0 aromatic heterocycles. The van der Waals surface area contributed by atoms with Gasteiger partial charge < -0.3 is 5.32 Å². The molecule has 2 rings (SSSR count). The SMILES string of the molecule is O=C(/C=C/c1cccc([N+](=O)[O-])c1)NC(=S)NC1CCCCCC1. The van der Waals surface area contributed by atoms with Gasteiger partial charge in [-0.15, -0.1) is 0 Å². The molecule has 0 atom stereocenters. The number of nitrogens with one attached hydrogen (secondary N) is 2. The monoisotopic (exact) mass is 347 g/mol. The van der Waals surface area contributed by atoms with E-state index in [2.05, 4.69) is 10.6 Å². The Morgan fingerprint density at radius 1 is 1.25 bits per heavy atom. The highest BCUT2D eigenvalue weighted by Crippen LogP contribution is 2.17. The third-order valence-corrected chi connectivity index (χ3v) is 4.16. The van der Waals surface area contributed by atoms with E-state index in [9.17, 15) is 14.9 Å². The molecule has 1 aliphatic carbocycles. The van der Waals surface area contributed by atoms with Crippen LogP contribution in [0, 0.1) is 10.1 Å². The molecule has 24 heavy (non-hydrogen) atoms. The molecule has 0 unspecified atom stereocenters. The molecule has 7 heteroatoms. The molecule has 0 radical (unpaired) electrons. The molecule has 0 spiro atoms. The topological polar surface area (TPSA) is 84.3 Å². The Bertz CT molecular complexity index is 638. The van der Waals surface area contributed by atoms with Crippen molar-refractivity contribution in [1.82, 2.24) is 10.6 Å². The maximum atomic E-state index is 11.9. The van der Waals surface area contributed by atoms with Gasteiger partial charge in [-0.2, -0.15) is 0 Å². The van der Waals surface area contributed by atoms with Crippen LogP contribution in [-0.2, 0) is 4.79 Å². The number of amides is 1. The van der Waals surface area contributed by atoms with Crippen molar-refractivity contribution in [3.63, 3.8) is 0 Å². The van der Waals surface area contributed by atoms with Gasteiger partial charge in [-0.25, -0.2) is 0 Å². The molecule has 0 saturated heterocycles. The normalized spacial score (nSPS) is 15.7. The molecule has 128 valence electrons. The molecule has 2 N–H and O–H groups in total. The van der Waals surface area contributed by atoms with Crippen LogP contribution in [0.4, 0.5) is 5.69 Å². The lowest BCUT2D eigenvalue weighted by molar-refractivity contribution is -0.384. The highest BCUT2D eigenvalue weighted by atomic mass is 32.1. The lowest BCUT2D eigenvalue weighted by Gasteiger charge is -2.17. The van der Waals surface area contributed by atoms with Crippen LogP contribution >= 0.6 is 12.2 Å². The summed E-state index contributed by atoms with van der Waals surface area (Å²) in [6.07, 6.45) is 9.85.